The summed E-state index contributed by atoms with van der Waals surface area (Å²) >= 11 is 0. The number of rotatable bonds is 5. The second-order valence-corrected chi connectivity index (χ2v) is 4.07. The molecule has 16 heavy (non-hydrogen) atoms. The van der Waals surface area contributed by atoms with Crippen LogP contribution in [-0.4, -0.2) is 32.2 Å². The Morgan fingerprint density at radius 2 is 1.88 bits per heavy atom. The summed E-state index contributed by atoms with van der Waals surface area (Å²) in [5.74, 6) is 0.253. The Kier molecular flexibility index (Phi) is 5.51. The molecule has 0 amide bonds. The SMILES string of the molecule is NCC1CCCCC1OCOCC(F)(F)F. The van der Waals surface area contributed by atoms with Crippen LogP contribution < -0.4 is 5.73 Å². The van der Waals surface area contributed by atoms with Gasteiger partial charge in [0.05, 0.1) is 6.10 Å². The minimum Gasteiger partial charge on any atom is -0.352 e. The molecule has 1 saturated carbocycles. The van der Waals surface area contributed by atoms with Crippen LogP contribution in [-0.2, 0) is 9.47 Å². The summed E-state index contributed by atoms with van der Waals surface area (Å²) in [5.41, 5.74) is 5.57. The summed E-state index contributed by atoms with van der Waals surface area (Å²) < 4.78 is 45.0. The lowest BCUT2D eigenvalue weighted by molar-refractivity contribution is -0.207. The van der Waals surface area contributed by atoms with Gasteiger partial charge in [-0.1, -0.05) is 12.8 Å². The average Bonchev–Trinajstić information content (AvgIpc) is 2.23. The Morgan fingerprint density at radius 3 is 2.50 bits per heavy atom. The zero-order valence-electron chi connectivity index (χ0n) is 9.13. The van der Waals surface area contributed by atoms with Gasteiger partial charge in [-0.3, -0.25) is 0 Å². The van der Waals surface area contributed by atoms with Gasteiger partial charge in [0.1, 0.15) is 13.4 Å². The van der Waals surface area contributed by atoms with E-state index in [0.29, 0.717) is 6.54 Å². The largest absolute Gasteiger partial charge is 0.411 e. The Balaban J connectivity index is 2.15. The number of ether oxygens (including phenoxy) is 2. The van der Waals surface area contributed by atoms with Gasteiger partial charge in [0.25, 0.3) is 0 Å². The van der Waals surface area contributed by atoms with Gasteiger partial charge < -0.3 is 15.2 Å². The molecule has 1 aliphatic rings. The molecule has 1 rings (SSSR count). The fourth-order valence-electron chi connectivity index (χ4n) is 1.96. The maximum Gasteiger partial charge on any atom is 0.411 e. The summed E-state index contributed by atoms with van der Waals surface area (Å²) in [6.07, 6.45) is -0.334. The van der Waals surface area contributed by atoms with E-state index < -0.39 is 12.8 Å². The van der Waals surface area contributed by atoms with E-state index in [1.807, 2.05) is 0 Å². The summed E-state index contributed by atoms with van der Waals surface area (Å²) in [7, 11) is 0. The highest BCUT2D eigenvalue weighted by Gasteiger charge is 2.28. The Hall–Kier alpha value is -0.330. The van der Waals surface area contributed by atoms with Gasteiger partial charge in [0.15, 0.2) is 0 Å². The molecule has 0 aliphatic heterocycles. The molecule has 0 bridgehead atoms. The predicted octanol–water partition coefficient (Wildman–Crippen LogP) is 2.06. The van der Waals surface area contributed by atoms with Crippen molar-refractivity contribution in [3.8, 4) is 0 Å². The van der Waals surface area contributed by atoms with Crippen molar-refractivity contribution in [3.63, 3.8) is 0 Å². The Bertz CT molecular complexity index is 199. The number of hydrogen-bond acceptors (Lipinski definition) is 3. The predicted molar refractivity (Wildman–Crippen MR) is 52.8 cm³/mol. The molecular weight excluding hydrogens is 223 g/mol. The van der Waals surface area contributed by atoms with Crippen LogP contribution in [0, 0.1) is 5.92 Å². The molecule has 2 unspecified atom stereocenters. The molecule has 0 spiro atoms. The zero-order chi connectivity index (χ0) is 12.0. The summed E-state index contributed by atoms with van der Waals surface area (Å²) in [6, 6.07) is 0. The fourth-order valence-corrected chi connectivity index (χ4v) is 1.96. The summed E-state index contributed by atoms with van der Waals surface area (Å²) in [5, 5.41) is 0. The van der Waals surface area contributed by atoms with Gasteiger partial charge in [0.2, 0.25) is 0 Å². The number of hydrogen-bond donors (Lipinski definition) is 1. The molecule has 3 nitrogen and oxygen atoms in total. The molecule has 0 radical (unpaired) electrons. The van der Waals surface area contributed by atoms with E-state index in [0.717, 1.165) is 25.7 Å². The van der Waals surface area contributed by atoms with Gasteiger partial charge in [-0.15, -0.1) is 0 Å². The molecule has 6 heteroatoms. The van der Waals surface area contributed by atoms with Gasteiger partial charge in [-0.25, -0.2) is 0 Å². The van der Waals surface area contributed by atoms with E-state index in [-0.39, 0.29) is 18.8 Å². The molecule has 0 heterocycles. The van der Waals surface area contributed by atoms with Crippen molar-refractivity contribution >= 4 is 0 Å². The van der Waals surface area contributed by atoms with Crippen LogP contribution >= 0.6 is 0 Å². The Morgan fingerprint density at radius 1 is 1.19 bits per heavy atom. The van der Waals surface area contributed by atoms with E-state index in [2.05, 4.69) is 4.74 Å². The third-order valence-electron chi connectivity index (χ3n) is 2.77. The van der Waals surface area contributed by atoms with Crippen LogP contribution in [0.1, 0.15) is 25.7 Å². The Labute approximate surface area is 93.1 Å². The van der Waals surface area contributed by atoms with Crippen molar-refractivity contribution in [2.45, 2.75) is 38.0 Å². The standard InChI is InChI=1S/C10H18F3NO2/c11-10(12,13)6-15-7-16-9-4-2-1-3-8(9)5-14/h8-9H,1-7,14H2. The van der Waals surface area contributed by atoms with E-state index >= 15 is 0 Å². The van der Waals surface area contributed by atoms with E-state index in [1.165, 1.54) is 0 Å². The number of halogens is 3. The molecule has 0 aromatic rings. The van der Waals surface area contributed by atoms with Crippen molar-refractivity contribution in [2.24, 2.45) is 11.7 Å². The van der Waals surface area contributed by atoms with Crippen LogP contribution in [0.2, 0.25) is 0 Å². The molecule has 1 fully saturated rings. The molecule has 96 valence electrons. The smallest absolute Gasteiger partial charge is 0.352 e. The second-order valence-electron chi connectivity index (χ2n) is 4.07. The molecular formula is C10H18F3NO2. The first-order valence-electron chi connectivity index (χ1n) is 5.49. The molecule has 1 aliphatic carbocycles. The highest BCUT2D eigenvalue weighted by Crippen LogP contribution is 2.26. The molecule has 2 N–H and O–H groups in total. The second kappa shape index (κ2) is 6.42. The molecule has 2 atom stereocenters. The van der Waals surface area contributed by atoms with Crippen molar-refractivity contribution < 1.29 is 22.6 Å². The van der Waals surface area contributed by atoms with Crippen LogP contribution in [0.4, 0.5) is 13.2 Å². The highest BCUT2D eigenvalue weighted by atomic mass is 19.4. The van der Waals surface area contributed by atoms with Gasteiger partial charge in [-0.2, -0.15) is 13.2 Å². The van der Waals surface area contributed by atoms with Gasteiger partial charge in [-0.05, 0) is 25.3 Å². The van der Waals surface area contributed by atoms with Crippen LogP contribution in [0.5, 0.6) is 0 Å². The third kappa shape index (κ3) is 5.14. The van der Waals surface area contributed by atoms with Crippen molar-refractivity contribution in [1.82, 2.24) is 0 Å². The average molecular weight is 241 g/mol. The molecule has 0 aromatic carbocycles. The van der Waals surface area contributed by atoms with Crippen molar-refractivity contribution in [3.05, 3.63) is 0 Å². The fraction of sp³-hybridized carbons (Fsp3) is 1.00. The normalized spacial score (nSPS) is 27.0. The minimum absolute atomic E-state index is 0.0491. The van der Waals surface area contributed by atoms with Gasteiger partial charge in [0, 0.05) is 0 Å². The number of nitrogens with two attached hydrogens (primary N) is 1. The quantitative estimate of drug-likeness (QED) is 0.592. The maximum atomic E-state index is 11.8. The molecule has 0 saturated heterocycles. The first-order valence-corrected chi connectivity index (χ1v) is 5.49. The highest BCUT2D eigenvalue weighted by molar-refractivity contribution is 4.76. The zero-order valence-corrected chi connectivity index (χ0v) is 9.13. The van der Waals surface area contributed by atoms with E-state index in [4.69, 9.17) is 10.5 Å². The van der Waals surface area contributed by atoms with Crippen molar-refractivity contribution in [2.75, 3.05) is 19.9 Å². The van der Waals surface area contributed by atoms with E-state index in [1.54, 1.807) is 0 Å². The first-order chi connectivity index (χ1) is 7.53. The van der Waals surface area contributed by atoms with Gasteiger partial charge >= 0.3 is 6.18 Å². The number of alkyl halides is 3. The minimum atomic E-state index is -4.29. The first kappa shape index (κ1) is 13.7. The lowest BCUT2D eigenvalue weighted by Gasteiger charge is -2.30. The monoisotopic (exact) mass is 241 g/mol. The third-order valence-corrected chi connectivity index (χ3v) is 2.77. The summed E-state index contributed by atoms with van der Waals surface area (Å²) in [6.45, 7) is -1.04. The van der Waals surface area contributed by atoms with Crippen LogP contribution in [0.25, 0.3) is 0 Å². The lowest BCUT2D eigenvalue weighted by Crippen LogP contribution is -2.34. The lowest BCUT2D eigenvalue weighted by atomic mass is 9.86. The van der Waals surface area contributed by atoms with Crippen LogP contribution in [0.15, 0.2) is 0 Å². The van der Waals surface area contributed by atoms with Crippen molar-refractivity contribution in [1.29, 1.82) is 0 Å². The summed E-state index contributed by atoms with van der Waals surface area (Å²) in [4.78, 5) is 0. The molecule has 0 aromatic heterocycles. The maximum absolute atomic E-state index is 11.8. The van der Waals surface area contributed by atoms with E-state index in [9.17, 15) is 13.2 Å². The topological polar surface area (TPSA) is 44.5 Å². The van der Waals surface area contributed by atoms with Crippen LogP contribution in [0.3, 0.4) is 0 Å².